The average molecular weight is 519 g/mol. The van der Waals surface area contributed by atoms with Gasteiger partial charge in [-0.2, -0.15) is 9.50 Å². The predicted octanol–water partition coefficient (Wildman–Crippen LogP) is 3.26. The van der Waals surface area contributed by atoms with Crippen LogP contribution in [0.15, 0.2) is 78.0 Å². The quantitative estimate of drug-likeness (QED) is 0.376. The monoisotopic (exact) mass is 518 g/mol. The van der Waals surface area contributed by atoms with Gasteiger partial charge in [0.2, 0.25) is 11.9 Å². The van der Waals surface area contributed by atoms with Gasteiger partial charge in [0.05, 0.1) is 5.52 Å². The van der Waals surface area contributed by atoms with Crippen molar-refractivity contribution < 1.29 is 0 Å². The first-order chi connectivity index (χ1) is 19.1. The SMILES string of the molecule is C[C@H]1CN(c2ccc(Nc3ncc4c(=O)n5c(nc4n3)c3ccccc3n5-c3ncccn3)cc2)CCN1C. The lowest BCUT2D eigenvalue weighted by Crippen LogP contribution is -2.50. The van der Waals surface area contributed by atoms with Gasteiger partial charge in [0.25, 0.3) is 5.56 Å². The Bertz CT molecular complexity index is 1880. The number of aromatic nitrogens is 7. The number of hydrogen-bond acceptors (Lipinski definition) is 9. The van der Waals surface area contributed by atoms with E-state index in [0.29, 0.717) is 34.6 Å². The lowest BCUT2D eigenvalue weighted by atomic mass is 10.1. The first kappa shape index (κ1) is 23.2. The van der Waals surface area contributed by atoms with Gasteiger partial charge in [0, 0.05) is 61.0 Å². The molecule has 0 saturated carbocycles. The molecule has 0 bridgehead atoms. The van der Waals surface area contributed by atoms with E-state index >= 15 is 0 Å². The number of piperazine rings is 1. The van der Waals surface area contributed by atoms with E-state index < -0.39 is 0 Å². The van der Waals surface area contributed by atoms with Crippen molar-refractivity contribution in [3.05, 3.63) is 83.5 Å². The minimum absolute atomic E-state index is 0.295. The van der Waals surface area contributed by atoms with Crippen molar-refractivity contribution in [3.8, 4) is 5.95 Å². The summed E-state index contributed by atoms with van der Waals surface area (Å²) in [5.41, 5.74) is 3.32. The summed E-state index contributed by atoms with van der Waals surface area (Å²) in [5.74, 6) is 0.746. The van der Waals surface area contributed by atoms with Crippen LogP contribution < -0.4 is 15.8 Å². The van der Waals surface area contributed by atoms with E-state index in [2.05, 4.69) is 61.2 Å². The zero-order chi connectivity index (χ0) is 26.5. The Morgan fingerprint density at radius 1 is 0.897 bits per heavy atom. The number of nitrogens with zero attached hydrogens (tertiary/aromatic N) is 9. The predicted molar refractivity (Wildman–Crippen MR) is 151 cm³/mol. The van der Waals surface area contributed by atoms with Gasteiger partial charge in [-0.05, 0) is 56.4 Å². The van der Waals surface area contributed by atoms with Crippen LogP contribution in [-0.4, -0.2) is 71.7 Å². The van der Waals surface area contributed by atoms with Gasteiger partial charge < -0.3 is 15.1 Å². The largest absolute Gasteiger partial charge is 0.369 e. The normalized spacial score (nSPS) is 16.4. The van der Waals surface area contributed by atoms with Gasteiger partial charge in [0.1, 0.15) is 5.39 Å². The van der Waals surface area contributed by atoms with Crippen molar-refractivity contribution in [1.29, 1.82) is 0 Å². The first-order valence-corrected chi connectivity index (χ1v) is 12.9. The van der Waals surface area contributed by atoms with E-state index in [1.807, 2.05) is 36.4 Å². The van der Waals surface area contributed by atoms with E-state index in [9.17, 15) is 4.79 Å². The molecule has 7 rings (SSSR count). The molecule has 5 heterocycles. The summed E-state index contributed by atoms with van der Waals surface area (Å²) >= 11 is 0. The van der Waals surface area contributed by atoms with Gasteiger partial charge >= 0.3 is 0 Å². The summed E-state index contributed by atoms with van der Waals surface area (Å²) in [6, 6.07) is 18.1. The fraction of sp³-hybridized carbons (Fsp3) is 0.214. The summed E-state index contributed by atoms with van der Waals surface area (Å²) in [6.45, 7) is 5.30. The average Bonchev–Trinajstić information content (AvgIpc) is 3.30. The van der Waals surface area contributed by atoms with Crippen molar-refractivity contribution in [3.63, 3.8) is 0 Å². The molecule has 0 unspecified atom stereocenters. The molecule has 11 nitrogen and oxygen atoms in total. The summed E-state index contributed by atoms with van der Waals surface area (Å²) in [5, 5.41) is 4.36. The molecule has 0 spiro atoms. The highest BCUT2D eigenvalue weighted by Crippen LogP contribution is 2.25. The number of rotatable bonds is 4. The summed E-state index contributed by atoms with van der Waals surface area (Å²) in [6.07, 6.45) is 4.80. The lowest BCUT2D eigenvalue weighted by Gasteiger charge is -2.39. The lowest BCUT2D eigenvalue weighted by molar-refractivity contribution is 0.234. The Kier molecular flexibility index (Phi) is 5.44. The molecular weight excluding hydrogens is 492 g/mol. The number of anilines is 3. The minimum Gasteiger partial charge on any atom is -0.369 e. The molecule has 4 aromatic heterocycles. The highest BCUT2D eigenvalue weighted by molar-refractivity contribution is 5.95. The Morgan fingerprint density at radius 2 is 1.69 bits per heavy atom. The van der Waals surface area contributed by atoms with Crippen molar-refractivity contribution in [2.75, 3.05) is 36.9 Å². The molecule has 1 aliphatic heterocycles. The van der Waals surface area contributed by atoms with Crippen LogP contribution in [0.4, 0.5) is 17.3 Å². The topological polar surface area (TPSA) is 109 Å². The zero-order valence-electron chi connectivity index (χ0n) is 21.6. The van der Waals surface area contributed by atoms with Crippen LogP contribution in [0.25, 0.3) is 33.5 Å². The summed E-state index contributed by atoms with van der Waals surface area (Å²) < 4.78 is 3.16. The second kappa shape index (κ2) is 9.14. The molecule has 2 aromatic carbocycles. The third kappa shape index (κ3) is 3.94. The van der Waals surface area contributed by atoms with E-state index in [0.717, 1.165) is 36.2 Å². The second-order valence-corrected chi connectivity index (χ2v) is 9.81. The molecule has 39 heavy (non-hydrogen) atoms. The van der Waals surface area contributed by atoms with Crippen LogP contribution in [0.2, 0.25) is 0 Å². The molecule has 6 aromatic rings. The fourth-order valence-corrected chi connectivity index (χ4v) is 5.11. The van der Waals surface area contributed by atoms with Crippen molar-refractivity contribution in [1.82, 2.24) is 39.0 Å². The maximum absolute atomic E-state index is 13.7. The Hall–Kier alpha value is -4.90. The van der Waals surface area contributed by atoms with Crippen LogP contribution in [0, 0.1) is 0 Å². The van der Waals surface area contributed by atoms with E-state index in [-0.39, 0.29) is 5.56 Å². The van der Waals surface area contributed by atoms with E-state index in [1.165, 1.54) is 16.4 Å². The van der Waals surface area contributed by atoms with Gasteiger partial charge in [0.15, 0.2) is 11.3 Å². The smallest absolute Gasteiger partial charge is 0.284 e. The summed E-state index contributed by atoms with van der Waals surface area (Å²) in [4.78, 5) is 41.0. The number of fused-ring (bicyclic) bond motifs is 4. The van der Waals surface area contributed by atoms with Gasteiger partial charge in [-0.3, -0.25) is 4.79 Å². The molecular formula is C28H26N10O. The molecule has 0 radical (unpaired) electrons. The highest BCUT2D eigenvalue weighted by Gasteiger charge is 2.21. The molecule has 194 valence electrons. The van der Waals surface area contributed by atoms with Crippen LogP contribution in [0.3, 0.4) is 0 Å². The van der Waals surface area contributed by atoms with Crippen LogP contribution in [0.5, 0.6) is 0 Å². The van der Waals surface area contributed by atoms with E-state index in [4.69, 9.17) is 4.98 Å². The molecule has 1 fully saturated rings. The third-order valence-corrected chi connectivity index (χ3v) is 7.37. The molecule has 1 aliphatic rings. The highest BCUT2D eigenvalue weighted by atomic mass is 16.1. The van der Waals surface area contributed by atoms with Gasteiger partial charge in [-0.15, -0.1) is 0 Å². The van der Waals surface area contributed by atoms with Crippen LogP contribution >= 0.6 is 0 Å². The number of benzene rings is 2. The number of hydrogen-bond donors (Lipinski definition) is 1. The maximum atomic E-state index is 13.7. The molecule has 1 saturated heterocycles. The van der Waals surface area contributed by atoms with Crippen LogP contribution in [0.1, 0.15) is 6.92 Å². The van der Waals surface area contributed by atoms with Crippen LogP contribution in [-0.2, 0) is 0 Å². The molecule has 1 atom stereocenters. The Balaban J connectivity index is 1.26. The summed E-state index contributed by atoms with van der Waals surface area (Å²) in [7, 11) is 2.17. The number of para-hydroxylation sites is 1. The Morgan fingerprint density at radius 3 is 2.49 bits per heavy atom. The fourth-order valence-electron chi connectivity index (χ4n) is 5.11. The molecule has 1 N–H and O–H groups in total. The standard InChI is InChI=1S/C28H26N10O/c1-18-17-36(15-14-35(18)2)20-10-8-19(9-11-20)32-27-31-16-22-24(34-27)33-25-21-6-3-4-7-23(21)37(38(25)26(22)39)28-29-12-5-13-30-28/h3-13,16,18H,14-15,17H2,1-2H3,(H,31,32,34)/t18-/m0/s1. The van der Waals surface area contributed by atoms with Gasteiger partial charge in [-0.25, -0.2) is 24.6 Å². The van der Waals surface area contributed by atoms with E-state index in [1.54, 1.807) is 23.1 Å². The second-order valence-electron chi connectivity index (χ2n) is 9.81. The minimum atomic E-state index is -0.295. The number of likely N-dealkylation sites (N-methyl/N-ethyl adjacent to an activating group) is 1. The van der Waals surface area contributed by atoms with Crippen molar-refractivity contribution >= 4 is 44.9 Å². The third-order valence-electron chi connectivity index (χ3n) is 7.37. The molecule has 11 heteroatoms. The maximum Gasteiger partial charge on any atom is 0.284 e. The van der Waals surface area contributed by atoms with Crippen molar-refractivity contribution in [2.24, 2.45) is 0 Å². The number of nitrogens with one attached hydrogen (secondary N) is 1. The Labute approximate surface area is 223 Å². The van der Waals surface area contributed by atoms with Gasteiger partial charge in [-0.1, -0.05) is 12.1 Å². The zero-order valence-corrected chi connectivity index (χ0v) is 21.6. The molecule has 0 amide bonds. The molecule has 0 aliphatic carbocycles. The van der Waals surface area contributed by atoms with Crippen molar-refractivity contribution in [2.45, 2.75) is 13.0 Å². The first-order valence-electron chi connectivity index (χ1n) is 12.9.